The van der Waals surface area contributed by atoms with Crippen molar-refractivity contribution < 1.29 is 9.59 Å². The number of para-hydroxylation sites is 2. The van der Waals surface area contributed by atoms with Crippen molar-refractivity contribution in [2.75, 3.05) is 10.6 Å². The van der Waals surface area contributed by atoms with Crippen molar-refractivity contribution in [2.45, 2.75) is 25.8 Å². The molecule has 1 heterocycles. The molecule has 1 aliphatic heterocycles. The summed E-state index contributed by atoms with van der Waals surface area (Å²) in [5, 5.41) is 8.87. The maximum atomic E-state index is 12.3. The van der Waals surface area contributed by atoms with Crippen molar-refractivity contribution in [1.82, 2.24) is 5.32 Å². The van der Waals surface area contributed by atoms with Crippen LogP contribution in [0.1, 0.15) is 18.4 Å². The fraction of sp³-hybridized carbons (Fsp3) is 0.222. The first kappa shape index (κ1) is 15.1. The van der Waals surface area contributed by atoms with E-state index in [1.165, 1.54) is 5.56 Å². The zero-order valence-corrected chi connectivity index (χ0v) is 12.9. The minimum absolute atomic E-state index is 0.0729. The van der Waals surface area contributed by atoms with E-state index >= 15 is 0 Å². The molecule has 118 valence electrons. The van der Waals surface area contributed by atoms with E-state index in [0.717, 1.165) is 11.4 Å². The summed E-state index contributed by atoms with van der Waals surface area (Å²) in [7, 11) is 0. The Morgan fingerprint density at radius 2 is 1.78 bits per heavy atom. The molecule has 0 aromatic heterocycles. The van der Waals surface area contributed by atoms with E-state index < -0.39 is 6.04 Å². The Morgan fingerprint density at radius 3 is 2.43 bits per heavy atom. The Labute approximate surface area is 135 Å². The van der Waals surface area contributed by atoms with Crippen molar-refractivity contribution in [2.24, 2.45) is 0 Å². The van der Waals surface area contributed by atoms with Gasteiger partial charge in [0.2, 0.25) is 11.8 Å². The molecule has 5 nitrogen and oxygen atoms in total. The summed E-state index contributed by atoms with van der Waals surface area (Å²) in [4.78, 5) is 23.5. The average Bonchev–Trinajstić information content (AvgIpc) is 2.98. The molecule has 3 N–H and O–H groups in total. The Balaban J connectivity index is 1.74. The van der Waals surface area contributed by atoms with Gasteiger partial charge in [0.05, 0.1) is 11.4 Å². The van der Waals surface area contributed by atoms with E-state index in [-0.39, 0.29) is 11.8 Å². The highest BCUT2D eigenvalue weighted by molar-refractivity contribution is 6.01. The maximum absolute atomic E-state index is 12.3. The number of anilines is 3. The molecule has 0 spiro atoms. The van der Waals surface area contributed by atoms with Gasteiger partial charge < -0.3 is 16.0 Å². The molecular formula is C18H19N3O2. The van der Waals surface area contributed by atoms with Gasteiger partial charge in [0.25, 0.3) is 0 Å². The number of amides is 2. The summed E-state index contributed by atoms with van der Waals surface area (Å²) >= 11 is 0. The van der Waals surface area contributed by atoms with Gasteiger partial charge in [-0.05, 0) is 37.6 Å². The topological polar surface area (TPSA) is 70.2 Å². The molecule has 2 aromatic carbocycles. The molecule has 0 bridgehead atoms. The third-order valence-electron chi connectivity index (χ3n) is 3.83. The number of rotatable bonds is 4. The van der Waals surface area contributed by atoms with Gasteiger partial charge in [-0.2, -0.15) is 0 Å². The zero-order valence-electron chi connectivity index (χ0n) is 12.9. The molecule has 1 saturated heterocycles. The van der Waals surface area contributed by atoms with Crippen molar-refractivity contribution >= 4 is 28.9 Å². The van der Waals surface area contributed by atoms with Crippen LogP contribution in [0.5, 0.6) is 0 Å². The second-order valence-corrected chi connectivity index (χ2v) is 5.68. The number of benzene rings is 2. The van der Waals surface area contributed by atoms with Gasteiger partial charge in [-0.1, -0.05) is 29.8 Å². The fourth-order valence-corrected chi connectivity index (χ4v) is 2.52. The molecule has 1 aliphatic rings. The molecular weight excluding hydrogens is 290 g/mol. The second-order valence-electron chi connectivity index (χ2n) is 5.68. The molecule has 2 amide bonds. The van der Waals surface area contributed by atoms with Crippen LogP contribution in [0.15, 0.2) is 48.5 Å². The highest BCUT2D eigenvalue weighted by Gasteiger charge is 2.27. The van der Waals surface area contributed by atoms with Crippen molar-refractivity contribution in [3.05, 3.63) is 54.1 Å². The van der Waals surface area contributed by atoms with Crippen molar-refractivity contribution in [1.29, 1.82) is 0 Å². The number of carbonyl (C=O) groups is 2. The standard InChI is InChI=1S/C18H19N3O2/c1-12-6-8-13(9-7-12)19-14-4-2-3-5-15(14)21-18(23)16-10-11-17(22)20-16/h2-9,16,19H,10-11H2,1H3,(H,20,22)(H,21,23)/t16-/m1/s1. The van der Waals surface area contributed by atoms with E-state index in [1.807, 2.05) is 55.5 Å². The number of hydrogen-bond donors (Lipinski definition) is 3. The monoisotopic (exact) mass is 309 g/mol. The molecule has 0 aliphatic carbocycles. The van der Waals surface area contributed by atoms with Crippen LogP contribution in [0.2, 0.25) is 0 Å². The van der Waals surface area contributed by atoms with Gasteiger partial charge in [-0.25, -0.2) is 0 Å². The summed E-state index contributed by atoms with van der Waals surface area (Å²) in [6, 6.07) is 15.1. The number of hydrogen-bond acceptors (Lipinski definition) is 3. The van der Waals surface area contributed by atoms with Gasteiger partial charge in [0.1, 0.15) is 6.04 Å². The van der Waals surface area contributed by atoms with Crippen LogP contribution >= 0.6 is 0 Å². The number of carbonyl (C=O) groups excluding carboxylic acids is 2. The molecule has 0 saturated carbocycles. The zero-order chi connectivity index (χ0) is 16.2. The molecule has 5 heteroatoms. The summed E-state index contributed by atoms with van der Waals surface area (Å²) in [6.45, 7) is 2.04. The van der Waals surface area contributed by atoms with E-state index in [0.29, 0.717) is 18.5 Å². The molecule has 2 aromatic rings. The summed E-state index contributed by atoms with van der Waals surface area (Å²) in [5.41, 5.74) is 3.65. The minimum Gasteiger partial charge on any atom is -0.354 e. The van der Waals surface area contributed by atoms with Crippen molar-refractivity contribution in [3.63, 3.8) is 0 Å². The van der Waals surface area contributed by atoms with E-state index in [4.69, 9.17) is 0 Å². The summed E-state index contributed by atoms with van der Waals surface area (Å²) < 4.78 is 0. The summed E-state index contributed by atoms with van der Waals surface area (Å²) in [6.07, 6.45) is 0.944. The molecule has 1 fully saturated rings. The van der Waals surface area contributed by atoms with Gasteiger partial charge in [0, 0.05) is 12.1 Å². The lowest BCUT2D eigenvalue weighted by molar-refractivity contribution is -0.122. The molecule has 0 radical (unpaired) electrons. The van der Waals surface area contributed by atoms with Gasteiger partial charge >= 0.3 is 0 Å². The number of nitrogens with one attached hydrogen (secondary N) is 3. The van der Waals surface area contributed by atoms with Crippen LogP contribution in [-0.4, -0.2) is 17.9 Å². The Hall–Kier alpha value is -2.82. The minimum atomic E-state index is -0.449. The quantitative estimate of drug-likeness (QED) is 0.813. The lowest BCUT2D eigenvalue weighted by Crippen LogP contribution is -2.37. The normalized spacial score (nSPS) is 16.7. The first-order chi connectivity index (χ1) is 11.1. The Kier molecular flexibility index (Phi) is 4.28. The van der Waals surface area contributed by atoms with Crippen LogP contribution in [0.25, 0.3) is 0 Å². The highest BCUT2D eigenvalue weighted by atomic mass is 16.2. The molecule has 23 heavy (non-hydrogen) atoms. The molecule has 1 atom stereocenters. The Morgan fingerprint density at radius 1 is 1.09 bits per heavy atom. The van der Waals surface area contributed by atoms with Gasteiger partial charge in [-0.15, -0.1) is 0 Å². The van der Waals surface area contributed by atoms with Crippen LogP contribution in [0.3, 0.4) is 0 Å². The molecule has 3 rings (SSSR count). The van der Waals surface area contributed by atoms with Gasteiger partial charge in [-0.3, -0.25) is 9.59 Å². The van der Waals surface area contributed by atoms with E-state index in [1.54, 1.807) is 0 Å². The predicted octanol–water partition coefficient (Wildman–Crippen LogP) is 2.96. The third-order valence-corrected chi connectivity index (χ3v) is 3.83. The first-order valence-electron chi connectivity index (χ1n) is 7.65. The van der Waals surface area contributed by atoms with E-state index in [2.05, 4.69) is 16.0 Å². The first-order valence-corrected chi connectivity index (χ1v) is 7.65. The van der Waals surface area contributed by atoms with Gasteiger partial charge in [0.15, 0.2) is 0 Å². The SMILES string of the molecule is Cc1ccc(Nc2ccccc2NC(=O)[C@H]2CCC(=O)N2)cc1. The van der Waals surface area contributed by atoms with Crippen molar-refractivity contribution in [3.8, 4) is 0 Å². The Bertz CT molecular complexity index is 725. The third kappa shape index (κ3) is 3.69. The largest absolute Gasteiger partial charge is 0.354 e. The van der Waals surface area contributed by atoms with Crippen LogP contribution in [0.4, 0.5) is 17.1 Å². The van der Waals surface area contributed by atoms with Crippen LogP contribution in [0, 0.1) is 6.92 Å². The lowest BCUT2D eigenvalue weighted by Gasteiger charge is -2.15. The smallest absolute Gasteiger partial charge is 0.247 e. The number of aryl methyl sites for hydroxylation is 1. The van der Waals surface area contributed by atoms with Crippen LogP contribution < -0.4 is 16.0 Å². The van der Waals surface area contributed by atoms with E-state index in [9.17, 15) is 9.59 Å². The lowest BCUT2D eigenvalue weighted by atomic mass is 10.2. The predicted molar refractivity (Wildman–Crippen MR) is 90.7 cm³/mol. The summed E-state index contributed by atoms with van der Waals surface area (Å²) in [5.74, 6) is -0.259. The second kappa shape index (κ2) is 6.52. The maximum Gasteiger partial charge on any atom is 0.247 e. The highest BCUT2D eigenvalue weighted by Crippen LogP contribution is 2.26. The van der Waals surface area contributed by atoms with Crippen LogP contribution in [-0.2, 0) is 9.59 Å². The average molecular weight is 309 g/mol. The fourth-order valence-electron chi connectivity index (χ4n) is 2.52. The molecule has 0 unspecified atom stereocenters.